The molecule has 0 spiro atoms. The van der Waals surface area contributed by atoms with Gasteiger partial charge in [0.2, 0.25) is 0 Å². The van der Waals surface area contributed by atoms with Gasteiger partial charge < -0.3 is 104 Å². The number of aliphatic hydroxyl groups is 13. The van der Waals surface area contributed by atoms with Gasteiger partial charge >= 0.3 is 22.3 Å². The van der Waals surface area contributed by atoms with Crippen molar-refractivity contribution in [2.75, 3.05) is 0 Å². The number of carbonyl (C=O) groups excluding carboxylic acids is 5. The normalized spacial score (nSPS) is 39.2. The van der Waals surface area contributed by atoms with E-state index in [1.807, 2.05) is 6.92 Å². The Kier molecular flexibility index (Phi) is 33.4. The zero-order chi connectivity index (χ0) is 80.4. The maximum absolute atomic E-state index is 13.9. The highest BCUT2D eigenvalue weighted by atomic mass is 32.3. The number of cyclic esters (lactones) is 1. The molecule has 616 valence electrons. The van der Waals surface area contributed by atoms with Crippen molar-refractivity contribution in [3.05, 3.63) is 58.7 Å². The van der Waals surface area contributed by atoms with Crippen molar-refractivity contribution in [2.45, 2.75) is 351 Å². The molecule has 0 aromatic heterocycles. The van der Waals surface area contributed by atoms with E-state index in [-0.39, 0.29) is 105 Å². The van der Waals surface area contributed by atoms with Crippen LogP contribution in [-0.4, -0.2) is 255 Å². The number of fused-ring (bicyclic) bond motifs is 4. The van der Waals surface area contributed by atoms with Gasteiger partial charge in [-0.05, 0) is 154 Å². The second-order valence-electron chi connectivity index (χ2n) is 32.2. The average Bonchev–Trinajstić information content (AvgIpc) is 1.27. The van der Waals surface area contributed by atoms with E-state index in [1.54, 1.807) is 69.2 Å². The Bertz CT molecular complexity index is 3290. The first-order chi connectivity index (χ1) is 50.4. The van der Waals surface area contributed by atoms with Crippen LogP contribution in [0, 0.1) is 41.4 Å². The summed E-state index contributed by atoms with van der Waals surface area (Å²) in [5.74, 6) is -11.9. The van der Waals surface area contributed by atoms with E-state index in [4.69, 9.17) is 37.9 Å². The molecular weight excluding hydrogens is 1440 g/mol. The molecule has 14 N–H and O–H groups in total. The summed E-state index contributed by atoms with van der Waals surface area (Å²) in [6.45, 7) is 19.9. The van der Waals surface area contributed by atoms with E-state index in [1.165, 1.54) is 37.3 Å². The Hall–Kier alpha value is -4.24. The van der Waals surface area contributed by atoms with Crippen LogP contribution in [0.4, 0.5) is 0 Å². The molecule has 6 aliphatic rings. The van der Waals surface area contributed by atoms with Gasteiger partial charge in [-0.3, -0.25) is 23.7 Å². The molecule has 1 aromatic rings. The Morgan fingerprint density at radius 1 is 0.685 bits per heavy atom. The Balaban J connectivity index is 0.954. The molecule has 4 fully saturated rings. The number of aliphatic hydroxyl groups excluding tert-OH is 11. The summed E-state index contributed by atoms with van der Waals surface area (Å²) in [5.41, 5.74) is -0.610. The summed E-state index contributed by atoms with van der Waals surface area (Å²) in [5, 5.41) is 148. The topological polar surface area (TPSA) is 489 Å². The molecule has 1 aliphatic carbocycles. The molecule has 1 aromatic carbocycles. The predicted octanol–water partition coefficient (Wildman–Crippen LogP) is 4.17. The summed E-state index contributed by atoms with van der Waals surface area (Å²) >= 11 is 0. The molecule has 31 heteroatoms. The lowest BCUT2D eigenvalue weighted by atomic mass is 9.77. The zero-order valence-electron chi connectivity index (χ0n) is 64.2. The minimum Gasteiger partial charge on any atom is -0.459 e. The summed E-state index contributed by atoms with van der Waals surface area (Å²) in [6, 6.07) is 4.39. The van der Waals surface area contributed by atoms with Crippen LogP contribution in [0.2, 0.25) is 0 Å². The summed E-state index contributed by atoms with van der Waals surface area (Å²) in [6.07, 6.45) is -21.8. The quantitative estimate of drug-likeness (QED) is 0.0591. The predicted molar refractivity (Wildman–Crippen MR) is 385 cm³/mol. The van der Waals surface area contributed by atoms with Gasteiger partial charge in [0.15, 0.2) is 29.9 Å². The van der Waals surface area contributed by atoms with Crippen LogP contribution in [0.5, 0.6) is 0 Å². The number of rotatable bonds is 17. The number of esters is 2. The summed E-state index contributed by atoms with van der Waals surface area (Å²) in [7, 11) is -5.25. The molecule has 4 saturated heterocycles. The van der Waals surface area contributed by atoms with Crippen LogP contribution in [0.1, 0.15) is 231 Å². The highest BCUT2D eigenvalue weighted by Gasteiger charge is 2.57. The molecule has 5 aliphatic heterocycles. The fourth-order valence-electron chi connectivity index (χ4n) is 16.0. The molecule has 32 atom stereocenters. The second kappa shape index (κ2) is 39.7. The number of hydrogen-bond donors (Lipinski definition) is 14. The lowest BCUT2D eigenvalue weighted by Crippen LogP contribution is -2.63. The number of benzene rings is 1. The van der Waals surface area contributed by atoms with Crippen molar-refractivity contribution in [3.63, 3.8) is 0 Å². The molecule has 0 radical (unpaired) electrons. The van der Waals surface area contributed by atoms with Crippen LogP contribution in [-0.2, 0) is 66.9 Å². The zero-order valence-corrected chi connectivity index (χ0v) is 65.0. The van der Waals surface area contributed by atoms with Crippen LogP contribution >= 0.6 is 0 Å². The van der Waals surface area contributed by atoms with Gasteiger partial charge in [-0.2, -0.15) is 8.42 Å². The Morgan fingerprint density at radius 2 is 1.31 bits per heavy atom. The van der Waals surface area contributed by atoms with Gasteiger partial charge in [-0.15, -0.1) is 0 Å². The molecular formula is C77H122O30S. The maximum Gasteiger partial charge on any atom is 0.397 e. The fourth-order valence-corrected chi connectivity index (χ4v) is 16.5. The molecule has 30 nitrogen and oxygen atoms in total. The number of carbonyl (C=O) groups is 5. The molecule has 5 heterocycles. The molecule has 7 rings (SSSR count). The highest BCUT2D eigenvalue weighted by molar-refractivity contribution is 7.80. The minimum absolute atomic E-state index is 0.0640. The van der Waals surface area contributed by atoms with Gasteiger partial charge in [0.05, 0.1) is 103 Å². The van der Waals surface area contributed by atoms with Crippen LogP contribution in [0.15, 0.2) is 42.0 Å². The van der Waals surface area contributed by atoms with E-state index in [2.05, 4.69) is 4.18 Å². The number of Topliss-reactive ketones (excluding diaryl/α,β-unsaturated/α-hetero) is 2. The summed E-state index contributed by atoms with van der Waals surface area (Å²) in [4.78, 5) is 66.4. The Labute approximate surface area is 633 Å². The number of ether oxygens (including phenoxy) is 8. The third-order valence-corrected chi connectivity index (χ3v) is 23.4. The van der Waals surface area contributed by atoms with Gasteiger partial charge in [0.1, 0.15) is 36.6 Å². The molecule has 0 saturated carbocycles. The lowest BCUT2D eigenvalue weighted by Gasteiger charge is -2.47. The van der Waals surface area contributed by atoms with Crippen LogP contribution < -0.4 is 0 Å². The van der Waals surface area contributed by atoms with E-state index < -0.39 is 241 Å². The smallest absolute Gasteiger partial charge is 0.397 e. The van der Waals surface area contributed by atoms with E-state index >= 15 is 0 Å². The van der Waals surface area contributed by atoms with Crippen molar-refractivity contribution in [1.29, 1.82) is 0 Å². The molecule has 108 heavy (non-hydrogen) atoms. The van der Waals surface area contributed by atoms with Crippen molar-refractivity contribution in [3.8, 4) is 0 Å². The van der Waals surface area contributed by atoms with Crippen molar-refractivity contribution in [1.82, 2.24) is 0 Å². The first kappa shape index (κ1) is 90.9. The van der Waals surface area contributed by atoms with E-state index in [0.717, 1.165) is 6.08 Å². The first-order valence-corrected chi connectivity index (χ1v) is 39.9. The van der Waals surface area contributed by atoms with Gasteiger partial charge in [-0.25, -0.2) is 8.98 Å². The lowest BCUT2D eigenvalue weighted by molar-refractivity contribution is -0.330. The Morgan fingerprint density at radius 3 is 1.96 bits per heavy atom. The van der Waals surface area contributed by atoms with Gasteiger partial charge in [0.25, 0.3) is 5.79 Å². The maximum atomic E-state index is 13.9. The molecule has 0 amide bonds. The molecule has 2 bridgehead atoms. The average molecular weight is 1560 g/mol. The number of ketones is 3. The van der Waals surface area contributed by atoms with Crippen molar-refractivity contribution >= 4 is 39.7 Å². The largest absolute Gasteiger partial charge is 0.459 e. The number of allylic oxidation sites excluding steroid dienone is 2. The third kappa shape index (κ3) is 24.6. The minimum atomic E-state index is -5.25. The first-order valence-electron chi connectivity index (χ1n) is 38.5. The number of epoxide rings is 1. The monoisotopic (exact) mass is 1560 g/mol. The van der Waals surface area contributed by atoms with Crippen molar-refractivity contribution in [2.24, 2.45) is 41.4 Å². The van der Waals surface area contributed by atoms with Crippen molar-refractivity contribution < 1.29 is 145 Å². The van der Waals surface area contributed by atoms with E-state index in [0.29, 0.717) is 24.8 Å². The highest BCUT2D eigenvalue weighted by Crippen LogP contribution is 2.43. The number of hydrogen-bond acceptors (Lipinski definition) is 29. The van der Waals surface area contributed by atoms with Crippen LogP contribution in [0.25, 0.3) is 0 Å². The SMILES string of the molecule is CC[C@H](O[C@H]1C[C@@](C)(O)[C@H](O[C@H]2CC[C@H](OC(=O)[C@H](C)[C@H](O)c3ccc4c(c3)C(=O)C=C(C)C4=O)[C@@H](C)O2)[C@H](C)O1)[C@H](C)[C@H](O)[C@@H](C)[C@@H](O)[C@H](C)[C@H]1OC(=O)C=C[C@H](C)[C@H](O)C[C@H](O)CCC[C@@H](O)CC[C@@H](C)CC(=O)[C@]2(O)O[C@H](C[C@H](O)C[C@H](O)C[C@H](O)CCC[C@H](O)[C@@H]3O[C@H]3[C@H]1C)C[C@H](OS(=O)(=O)O)[C@H]2O. The van der Waals surface area contributed by atoms with Crippen LogP contribution in [0.3, 0.4) is 0 Å². The van der Waals surface area contributed by atoms with Gasteiger partial charge in [-0.1, -0.05) is 60.6 Å². The second-order valence-corrected chi connectivity index (χ2v) is 33.2. The van der Waals surface area contributed by atoms with Gasteiger partial charge in [0, 0.05) is 78.0 Å². The van der Waals surface area contributed by atoms with E-state index in [9.17, 15) is 103 Å². The molecule has 0 unspecified atom stereocenters. The fraction of sp³-hybridized carbons (Fsp3) is 0.805. The standard InChI is InChI=1S/C77H122O30S/c1-13-59(101-65-36-76(12,94)74(46(11)100-65)104-64-27-25-60(45(10)99-64)102-75(93)43(8)69(91)47-22-24-54-55(30-47)58(85)29-39(4)66(54)88)40(5)67(89)41(6)68(90)42(7)70-44(9)71-72(105-71)56(83)19-15-18-49(79)31-51(81)32-52(82)33-53-35-61(107-108(96,97)98)73(92)77(95,106-53)62(86)28-37(2)20-23-48(78)16-14-17-50(80)34-57(84)38(3)21-26-63(87)103-70/h21-22,24,26,29-30,37-38,40-46,48-53,56-57,59-61,64-65,67-74,78-84,89-92,94-95H,13-20,23,25,27-28,31-36H2,1-12H3,(H,96,97,98)/t37-,38+,40+,41-,42+,43-,44+,45-,46+,48-,49-,50-,51-,52-,53-,56+,57-,59+,60+,61+,64+,65+,67+,68-,69+,70-,71+,72+,73-,74-,76-,77+/m1/s1. The third-order valence-electron chi connectivity index (χ3n) is 22.9. The summed E-state index contributed by atoms with van der Waals surface area (Å²) < 4.78 is 87.0.